The third-order valence-electron chi connectivity index (χ3n) is 16.2. The molecule has 554 valence electrons. The summed E-state index contributed by atoms with van der Waals surface area (Å²) in [7, 11) is 0. The Morgan fingerprint density at radius 1 is 0.204 bits per heavy atom. The Bertz CT molecular complexity index is 2140. The predicted octanol–water partition coefficient (Wildman–Crippen LogP) is -11.0. The second-order valence-electron chi connectivity index (χ2n) is 22.5. The quantitative estimate of drug-likeness (QED) is 0.0272. The van der Waals surface area contributed by atoms with Gasteiger partial charge in [0.25, 0.3) is 0 Å². The molecule has 2 aliphatic rings. The smallest absolute Gasteiger partial charge is 0.548 e. The first-order valence-corrected chi connectivity index (χ1v) is 30.3. The Labute approximate surface area is 624 Å². The van der Waals surface area contributed by atoms with Crippen LogP contribution in [0.15, 0.2) is 0 Å². The molecule has 10 N–H and O–H groups in total. The Kier molecular flexibility index (Phi) is 47.3. The molecule has 0 unspecified atom stereocenters. The standard InChI is InChI=1S/2C28H44N4O16.2Gd/c2*33-21(34)5-1-17(25(41)42)29-9-11-30(18(26(43)44)2-6-22(35)36)13-15-32(20(28(47)48)4-8-24(39)40)16-14-31(12-10-29)19(27(45)46)3-7-23(37)38;;/h2*17-20H,1-16H2,(H,33,34)(H,35,36)(H,37,38)(H,39,40)(H,41,42)(H,43,44)(H,45,46)(H,47,48);;/q;;2*+3/p-6/t2*17-,18-,19-,20-;;/m10../s1. The summed E-state index contributed by atoms with van der Waals surface area (Å²) < 4.78 is 0. The van der Waals surface area contributed by atoms with Crippen molar-refractivity contribution in [3.8, 4) is 0 Å². The van der Waals surface area contributed by atoms with E-state index in [-0.39, 0.29) is 185 Å². The Hall–Kier alpha value is -6.15. The van der Waals surface area contributed by atoms with Crippen LogP contribution >= 0.6 is 0 Å². The van der Waals surface area contributed by atoms with Crippen LogP contribution in [0.2, 0.25) is 0 Å². The molecule has 0 saturated carbocycles. The van der Waals surface area contributed by atoms with Gasteiger partial charge in [-0.1, -0.05) is 0 Å². The van der Waals surface area contributed by atoms with Crippen LogP contribution in [-0.2, 0) is 76.7 Å². The van der Waals surface area contributed by atoms with Crippen molar-refractivity contribution in [2.24, 2.45) is 0 Å². The number of carboxylic acid groups (broad SMARTS) is 16. The summed E-state index contributed by atoms with van der Waals surface area (Å²) in [6, 6.07) is -12.2. The maximum Gasteiger partial charge on any atom is 3.00 e. The van der Waals surface area contributed by atoms with Crippen molar-refractivity contribution in [2.75, 3.05) is 105 Å². The van der Waals surface area contributed by atoms with Gasteiger partial charge in [-0.25, -0.2) is 0 Å². The van der Waals surface area contributed by atoms with Crippen LogP contribution in [0.25, 0.3) is 0 Å². The minimum Gasteiger partial charge on any atom is -0.548 e. The molecule has 2 saturated heterocycles. The van der Waals surface area contributed by atoms with Gasteiger partial charge in [-0.05, 0) is 51.4 Å². The van der Waals surface area contributed by atoms with Gasteiger partial charge in [-0.2, -0.15) is 0 Å². The fraction of sp³-hybridized carbons (Fsp3) is 0.714. The van der Waals surface area contributed by atoms with E-state index in [9.17, 15) is 128 Å². The van der Waals surface area contributed by atoms with E-state index in [2.05, 4.69) is 0 Å². The molecule has 98 heavy (non-hydrogen) atoms. The van der Waals surface area contributed by atoms with Gasteiger partial charge in [-0.15, -0.1) is 0 Å². The number of carboxylic acids is 16. The first kappa shape index (κ1) is 93.9. The molecule has 42 heteroatoms. The monoisotopic (exact) mass is 1690 g/mol. The molecule has 0 spiro atoms. The summed E-state index contributed by atoms with van der Waals surface area (Å²) in [5.41, 5.74) is 0. The largest absolute Gasteiger partial charge is 3.00 e. The number of hydrogen-bond acceptors (Lipinski definition) is 30. The number of aliphatic carboxylic acids is 16. The van der Waals surface area contributed by atoms with E-state index in [0.717, 1.165) is 0 Å². The number of hydrogen-bond donors (Lipinski definition) is 10. The van der Waals surface area contributed by atoms with Crippen LogP contribution < -0.4 is 30.6 Å². The van der Waals surface area contributed by atoms with Gasteiger partial charge in [0.15, 0.2) is 0 Å². The van der Waals surface area contributed by atoms with Crippen LogP contribution in [0.5, 0.6) is 0 Å². The number of nitrogens with zero attached hydrogens (tertiary/aromatic N) is 8. The molecular formula is C56H82Gd2N8O32. The van der Waals surface area contributed by atoms with Crippen molar-refractivity contribution in [3.05, 3.63) is 0 Å². The fourth-order valence-electron chi connectivity index (χ4n) is 11.1. The van der Waals surface area contributed by atoms with Gasteiger partial charge in [0, 0.05) is 192 Å². The predicted molar refractivity (Wildman–Crippen MR) is 303 cm³/mol. The zero-order valence-corrected chi connectivity index (χ0v) is 57.5. The molecule has 0 aliphatic carbocycles. The summed E-state index contributed by atoms with van der Waals surface area (Å²) in [5, 5.41) is 166. The van der Waals surface area contributed by atoms with E-state index >= 15 is 0 Å². The molecule has 2 radical (unpaired) electrons. The summed E-state index contributed by atoms with van der Waals surface area (Å²) in [6.45, 7) is -4.55. The molecular weight excluding hydrogens is 1610 g/mol. The van der Waals surface area contributed by atoms with Crippen molar-refractivity contribution < 1.29 is 238 Å². The van der Waals surface area contributed by atoms with Crippen LogP contribution in [-0.4, -0.2) is 339 Å². The Morgan fingerprint density at radius 3 is 0.378 bits per heavy atom. The van der Waals surface area contributed by atoms with Gasteiger partial charge < -0.3 is 110 Å². The van der Waals surface area contributed by atoms with E-state index in [1.54, 1.807) is 0 Å². The van der Waals surface area contributed by atoms with Gasteiger partial charge in [0.1, 0.15) is 12.1 Å². The molecule has 0 aromatic rings. The average molecular weight is 1690 g/mol. The molecule has 2 heterocycles. The minimum absolute atomic E-state index is 0. The topological polar surface area (TPSA) is 640 Å². The van der Waals surface area contributed by atoms with Crippen LogP contribution in [0.4, 0.5) is 0 Å². The normalized spacial score (nSPS) is 18.3. The summed E-state index contributed by atoms with van der Waals surface area (Å²) in [6.07, 6.45) is -8.29. The summed E-state index contributed by atoms with van der Waals surface area (Å²) in [5.74, 6) is -23.5. The van der Waals surface area contributed by atoms with E-state index in [1.165, 1.54) is 39.2 Å². The van der Waals surface area contributed by atoms with Crippen molar-refractivity contribution in [3.63, 3.8) is 0 Å². The van der Waals surface area contributed by atoms with Gasteiger partial charge in [0.2, 0.25) is 0 Å². The van der Waals surface area contributed by atoms with E-state index < -0.39 is 247 Å². The van der Waals surface area contributed by atoms with Crippen molar-refractivity contribution in [1.29, 1.82) is 0 Å². The van der Waals surface area contributed by atoms with Gasteiger partial charge in [0.05, 0.1) is 35.8 Å². The molecule has 2 fully saturated rings. The van der Waals surface area contributed by atoms with Crippen LogP contribution in [0.3, 0.4) is 0 Å². The van der Waals surface area contributed by atoms with Crippen LogP contribution in [0, 0.1) is 79.9 Å². The maximum atomic E-state index is 12.3. The first-order chi connectivity index (χ1) is 44.9. The minimum atomic E-state index is -1.68. The second-order valence-corrected chi connectivity index (χ2v) is 22.5. The Morgan fingerprint density at radius 2 is 0.296 bits per heavy atom. The third kappa shape index (κ3) is 37.3. The number of rotatable bonds is 40. The van der Waals surface area contributed by atoms with Crippen molar-refractivity contribution in [1.82, 2.24) is 39.2 Å². The number of carbonyl (C=O) groups is 16. The van der Waals surface area contributed by atoms with E-state index in [4.69, 9.17) is 30.6 Å². The first-order valence-electron chi connectivity index (χ1n) is 30.3. The van der Waals surface area contributed by atoms with Crippen molar-refractivity contribution >= 4 is 95.5 Å². The zero-order chi connectivity index (χ0) is 73.1. The second kappa shape index (κ2) is 49.4. The number of carbonyl (C=O) groups excluding carboxylic acids is 6. The molecule has 0 aromatic heterocycles. The summed E-state index contributed by atoms with van der Waals surface area (Å²) >= 11 is 0. The average Bonchev–Trinajstić information content (AvgIpc) is 0.853. The van der Waals surface area contributed by atoms with Crippen molar-refractivity contribution in [2.45, 2.75) is 151 Å². The molecule has 8 atom stereocenters. The molecule has 0 amide bonds. The fourth-order valence-corrected chi connectivity index (χ4v) is 11.1. The molecule has 0 bridgehead atoms. The molecule has 2 rings (SSSR count). The van der Waals surface area contributed by atoms with E-state index in [1.807, 2.05) is 0 Å². The van der Waals surface area contributed by atoms with Crippen LogP contribution in [0.1, 0.15) is 103 Å². The molecule has 0 aromatic carbocycles. The molecule has 40 nitrogen and oxygen atoms in total. The van der Waals surface area contributed by atoms with Gasteiger partial charge >= 0.3 is 140 Å². The maximum absolute atomic E-state index is 12.3. The summed E-state index contributed by atoms with van der Waals surface area (Å²) in [4.78, 5) is 198. The zero-order valence-electron chi connectivity index (χ0n) is 53.0. The van der Waals surface area contributed by atoms with E-state index in [0.29, 0.717) is 0 Å². The van der Waals surface area contributed by atoms with Gasteiger partial charge in [-0.3, -0.25) is 87.1 Å². The SMILES string of the molecule is O=C(O)CC[C@@H](C(=O)[O-])N1CCN([C@@H](CCC(=O)O)C(=O)[O-])CCN([C@@H](CCC(=O)O)C(=O)O)CCN([C@@H](CCC(=O)O)C(=O)[O-])CC1.O=C(O)CC[C@H](C(=O)[O-])N1CCN([C@H](CCC(=O)O)C(=O)[O-])CCN([C@H](CCC(=O)O)C(=O)O)CCN([C@H](CCC(=O)O)C(=O)[O-])CC1.[Gd+3].[Gd+3]. The Balaban J connectivity index is 0. The third-order valence-corrected chi connectivity index (χ3v) is 16.2. The molecule has 2 aliphatic heterocycles.